The minimum Gasteiger partial charge on any atom is -0.325 e. The molecule has 17 heavy (non-hydrogen) atoms. The van der Waals surface area contributed by atoms with Crippen LogP contribution in [0.2, 0.25) is 0 Å². The Morgan fingerprint density at radius 1 is 1.00 bits per heavy atom. The molecular formula is C15H30N2. The summed E-state index contributed by atoms with van der Waals surface area (Å²) in [5, 5.41) is 0. The Kier molecular flexibility index (Phi) is 3.84. The zero-order valence-corrected chi connectivity index (χ0v) is 11.7. The molecule has 0 aromatic rings. The van der Waals surface area contributed by atoms with Gasteiger partial charge in [0.2, 0.25) is 0 Å². The lowest BCUT2D eigenvalue weighted by atomic mass is 9.63. The predicted octanol–water partition coefficient (Wildman–Crippen LogP) is 3.19. The van der Waals surface area contributed by atoms with E-state index in [1.165, 1.54) is 51.4 Å². The number of hydrogen-bond donors (Lipinski definition) is 2. The van der Waals surface area contributed by atoms with Gasteiger partial charge in [0.1, 0.15) is 0 Å². The molecule has 100 valence electrons. The standard InChI is InChI=1S/C15H30N2/c1-12-6-7-13(2)15(17,10-12)11-14(16)8-4-3-5-9-14/h12-13H,3-11,16-17H2,1-2H3. The van der Waals surface area contributed by atoms with E-state index in [4.69, 9.17) is 11.5 Å². The predicted molar refractivity (Wildman–Crippen MR) is 73.7 cm³/mol. The van der Waals surface area contributed by atoms with Crippen molar-refractivity contribution in [2.75, 3.05) is 0 Å². The summed E-state index contributed by atoms with van der Waals surface area (Å²) < 4.78 is 0. The summed E-state index contributed by atoms with van der Waals surface area (Å²) >= 11 is 0. The van der Waals surface area contributed by atoms with Crippen LogP contribution in [0.3, 0.4) is 0 Å². The van der Waals surface area contributed by atoms with Crippen molar-refractivity contribution in [3.05, 3.63) is 0 Å². The Bertz CT molecular complexity index is 258. The van der Waals surface area contributed by atoms with Crippen LogP contribution < -0.4 is 11.5 Å². The van der Waals surface area contributed by atoms with Crippen LogP contribution in [0.25, 0.3) is 0 Å². The quantitative estimate of drug-likeness (QED) is 0.776. The van der Waals surface area contributed by atoms with E-state index < -0.39 is 0 Å². The van der Waals surface area contributed by atoms with E-state index in [2.05, 4.69) is 13.8 Å². The van der Waals surface area contributed by atoms with Crippen LogP contribution >= 0.6 is 0 Å². The molecule has 0 saturated heterocycles. The van der Waals surface area contributed by atoms with Crippen molar-refractivity contribution in [3.8, 4) is 0 Å². The Morgan fingerprint density at radius 2 is 1.65 bits per heavy atom. The van der Waals surface area contributed by atoms with E-state index >= 15 is 0 Å². The molecule has 2 aliphatic carbocycles. The maximum atomic E-state index is 6.73. The van der Waals surface area contributed by atoms with Gasteiger partial charge in [-0.25, -0.2) is 0 Å². The normalized spacial score (nSPS) is 42.4. The first kappa shape index (κ1) is 13.4. The van der Waals surface area contributed by atoms with Gasteiger partial charge >= 0.3 is 0 Å². The highest BCUT2D eigenvalue weighted by Gasteiger charge is 2.43. The molecule has 0 aliphatic heterocycles. The molecule has 4 N–H and O–H groups in total. The summed E-state index contributed by atoms with van der Waals surface area (Å²) in [4.78, 5) is 0. The zero-order valence-electron chi connectivity index (χ0n) is 11.7. The van der Waals surface area contributed by atoms with Gasteiger partial charge in [0, 0.05) is 11.1 Å². The van der Waals surface area contributed by atoms with Crippen molar-refractivity contribution in [1.29, 1.82) is 0 Å². The second-order valence-corrected chi connectivity index (χ2v) is 7.12. The maximum absolute atomic E-state index is 6.73. The summed E-state index contributed by atoms with van der Waals surface area (Å²) in [5.74, 6) is 1.42. The lowest BCUT2D eigenvalue weighted by Gasteiger charge is -2.48. The van der Waals surface area contributed by atoms with Gasteiger partial charge in [0.15, 0.2) is 0 Å². The van der Waals surface area contributed by atoms with Gasteiger partial charge < -0.3 is 11.5 Å². The Labute approximate surface area is 107 Å². The average Bonchev–Trinajstić information content (AvgIpc) is 2.24. The fourth-order valence-electron chi connectivity index (χ4n) is 4.11. The van der Waals surface area contributed by atoms with Gasteiger partial charge in [-0.3, -0.25) is 0 Å². The van der Waals surface area contributed by atoms with Gasteiger partial charge in [0.25, 0.3) is 0 Å². The summed E-state index contributed by atoms with van der Waals surface area (Å²) in [7, 11) is 0. The average molecular weight is 238 g/mol. The highest BCUT2D eigenvalue weighted by Crippen LogP contribution is 2.42. The smallest absolute Gasteiger partial charge is 0.0200 e. The first-order valence-electron chi connectivity index (χ1n) is 7.51. The van der Waals surface area contributed by atoms with Gasteiger partial charge in [-0.05, 0) is 43.9 Å². The molecule has 0 radical (unpaired) electrons. The van der Waals surface area contributed by atoms with E-state index in [9.17, 15) is 0 Å². The van der Waals surface area contributed by atoms with Gasteiger partial charge in [-0.15, -0.1) is 0 Å². The summed E-state index contributed by atoms with van der Waals surface area (Å²) in [6, 6.07) is 0. The second-order valence-electron chi connectivity index (χ2n) is 7.12. The van der Waals surface area contributed by atoms with Crippen LogP contribution in [0.15, 0.2) is 0 Å². The minimum absolute atomic E-state index is 0.00373. The minimum atomic E-state index is 0.00373. The molecule has 0 amide bonds. The number of nitrogens with two attached hydrogens (primary N) is 2. The molecule has 0 aromatic carbocycles. The van der Waals surface area contributed by atoms with E-state index in [0.29, 0.717) is 5.92 Å². The Morgan fingerprint density at radius 3 is 2.29 bits per heavy atom. The molecule has 3 unspecified atom stereocenters. The molecule has 2 nitrogen and oxygen atoms in total. The summed E-state index contributed by atoms with van der Waals surface area (Å²) in [6.07, 6.45) is 11.2. The fraction of sp³-hybridized carbons (Fsp3) is 1.00. The summed E-state index contributed by atoms with van der Waals surface area (Å²) in [5.41, 5.74) is 13.4. The van der Waals surface area contributed by atoms with Crippen molar-refractivity contribution in [2.45, 2.75) is 82.7 Å². The number of hydrogen-bond acceptors (Lipinski definition) is 2. The Hall–Kier alpha value is -0.0800. The largest absolute Gasteiger partial charge is 0.325 e. The van der Waals surface area contributed by atoms with Crippen LogP contribution in [-0.2, 0) is 0 Å². The van der Waals surface area contributed by atoms with Gasteiger partial charge in [-0.1, -0.05) is 39.5 Å². The first-order valence-corrected chi connectivity index (χ1v) is 7.51. The molecule has 0 spiro atoms. The monoisotopic (exact) mass is 238 g/mol. The molecule has 0 bridgehead atoms. The topological polar surface area (TPSA) is 52.0 Å². The van der Waals surface area contributed by atoms with Crippen molar-refractivity contribution < 1.29 is 0 Å². The lowest BCUT2D eigenvalue weighted by Crippen LogP contribution is -2.58. The molecule has 3 atom stereocenters. The van der Waals surface area contributed by atoms with Gasteiger partial charge in [-0.2, -0.15) is 0 Å². The van der Waals surface area contributed by atoms with E-state index in [-0.39, 0.29) is 11.1 Å². The van der Waals surface area contributed by atoms with Crippen LogP contribution in [0.4, 0.5) is 0 Å². The molecule has 0 heterocycles. The van der Waals surface area contributed by atoms with Crippen LogP contribution in [0, 0.1) is 11.8 Å². The van der Waals surface area contributed by atoms with Gasteiger partial charge in [0.05, 0.1) is 0 Å². The molecule has 2 fully saturated rings. The van der Waals surface area contributed by atoms with Crippen molar-refractivity contribution >= 4 is 0 Å². The van der Waals surface area contributed by atoms with E-state index in [1.807, 2.05) is 0 Å². The molecule has 2 rings (SSSR count). The molecule has 2 heteroatoms. The zero-order chi connectivity index (χ0) is 12.5. The van der Waals surface area contributed by atoms with Crippen LogP contribution in [0.5, 0.6) is 0 Å². The van der Waals surface area contributed by atoms with Crippen LogP contribution in [0.1, 0.15) is 71.6 Å². The fourth-order valence-corrected chi connectivity index (χ4v) is 4.11. The molecule has 2 aliphatic rings. The van der Waals surface area contributed by atoms with E-state index in [1.54, 1.807) is 0 Å². The number of rotatable bonds is 2. The Balaban J connectivity index is 2.03. The van der Waals surface area contributed by atoms with Crippen molar-refractivity contribution in [1.82, 2.24) is 0 Å². The van der Waals surface area contributed by atoms with E-state index in [0.717, 1.165) is 12.3 Å². The highest BCUT2D eigenvalue weighted by atomic mass is 14.8. The molecule has 0 aromatic heterocycles. The third-order valence-corrected chi connectivity index (χ3v) is 5.33. The third-order valence-electron chi connectivity index (χ3n) is 5.33. The molecular weight excluding hydrogens is 208 g/mol. The summed E-state index contributed by atoms with van der Waals surface area (Å²) in [6.45, 7) is 4.68. The SMILES string of the molecule is CC1CCC(C)C(N)(CC2(N)CCCCC2)C1. The van der Waals surface area contributed by atoms with Crippen LogP contribution in [-0.4, -0.2) is 11.1 Å². The highest BCUT2D eigenvalue weighted by molar-refractivity contribution is 5.02. The second kappa shape index (κ2) is 4.89. The lowest BCUT2D eigenvalue weighted by molar-refractivity contribution is 0.106. The first-order chi connectivity index (χ1) is 7.94. The van der Waals surface area contributed by atoms with Crippen molar-refractivity contribution in [2.24, 2.45) is 23.3 Å². The maximum Gasteiger partial charge on any atom is 0.0200 e. The molecule has 2 saturated carbocycles. The van der Waals surface area contributed by atoms with Crippen molar-refractivity contribution in [3.63, 3.8) is 0 Å². The third kappa shape index (κ3) is 3.03.